The first kappa shape index (κ1) is 15.3. The Bertz CT molecular complexity index is 729. The summed E-state index contributed by atoms with van der Waals surface area (Å²) in [7, 11) is -3.28. The van der Waals surface area contributed by atoms with Crippen molar-refractivity contribution in [3.05, 3.63) is 40.3 Å². The maximum absolute atomic E-state index is 11.8. The molecule has 0 radical (unpaired) electrons. The van der Waals surface area contributed by atoms with E-state index in [1.165, 1.54) is 24.3 Å². The van der Waals surface area contributed by atoms with Crippen LogP contribution in [0.2, 0.25) is 5.02 Å². The number of halogens is 1. The van der Waals surface area contributed by atoms with Crippen molar-refractivity contribution in [3.63, 3.8) is 0 Å². The van der Waals surface area contributed by atoms with Gasteiger partial charge in [0.1, 0.15) is 5.56 Å². The van der Waals surface area contributed by atoms with E-state index in [9.17, 15) is 18.0 Å². The largest absolute Gasteiger partial charge is 0.478 e. The smallest absolute Gasteiger partial charge is 0.339 e. The average Bonchev–Trinajstić information content (AvgIpc) is 2.67. The van der Waals surface area contributed by atoms with Gasteiger partial charge in [-0.05, 0) is 18.2 Å². The summed E-state index contributed by atoms with van der Waals surface area (Å²) >= 11 is 5.77. The minimum Gasteiger partial charge on any atom is -0.478 e. The highest BCUT2D eigenvalue weighted by molar-refractivity contribution is 7.94. The highest BCUT2D eigenvalue weighted by atomic mass is 35.5. The lowest BCUT2D eigenvalue weighted by atomic mass is 10.2. The third-order valence-corrected chi connectivity index (χ3v) is 4.43. The highest BCUT2D eigenvalue weighted by Crippen LogP contribution is 2.24. The molecule has 112 valence electrons. The van der Waals surface area contributed by atoms with E-state index in [0.717, 1.165) is 5.41 Å². The molecule has 21 heavy (non-hydrogen) atoms. The van der Waals surface area contributed by atoms with E-state index in [-0.39, 0.29) is 22.0 Å². The SMILES string of the molecule is O=C(Nc1cccc(Cl)c1C(=O)O)NC1C=CS(=O)(=O)C1. The van der Waals surface area contributed by atoms with Crippen LogP contribution in [0.25, 0.3) is 0 Å². The molecule has 1 aromatic rings. The number of nitrogens with one attached hydrogen (secondary N) is 2. The molecular weight excluding hydrogens is 320 g/mol. The van der Waals surface area contributed by atoms with Gasteiger partial charge in [0.15, 0.2) is 9.84 Å². The van der Waals surface area contributed by atoms with E-state index in [2.05, 4.69) is 10.6 Å². The van der Waals surface area contributed by atoms with Crippen molar-refractivity contribution < 1.29 is 23.1 Å². The third kappa shape index (κ3) is 3.73. The fourth-order valence-corrected chi connectivity index (χ4v) is 3.33. The molecule has 0 saturated heterocycles. The lowest BCUT2D eigenvalue weighted by Crippen LogP contribution is -2.38. The van der Waals surface area contributed by atoms with Crippen molar-refractivity contribution in [2.45, 2.75) is 6.04 Å². The number of urea groups is 1. The van der Waals surface area contributed by atoms with Gasteiger partial charge >= 0.3 is 12.0 Å². The normalized spacial score (nSPS) is 19.2. The summed E-state index contributed by atoms with van der Waals surface area (Å²) in [5.41, 5.74) is -0.207. The molecule has 1 aromatic carbocycles. The van der Waals surface area contributed by atoms with Crippen LogP contribution in [0.15, 0.2) is 29.7 Å². The van der Waals surface area contributed by atoms with E-state index in [1.807, 2.05) is 0 Å². The molecule has 3 N–H and O–H groups in total. The molecule has 0 aromatic heterocycles. The molecule has 1 heterocycles. The zero-order chi connectivity index (χ0) is 15.6. The second kappa shape index (κ2) is 5.74. The first-order valence-corrected chi connectivity index (χ1v) is 7.88. The molecule has 1 aliphatic heterocycles. The quantitative estimate of drug-likeness (QED) is 0.776. The number of carbonyl (C=O) groups is 2. The zero-order valence-electron chi connectivity index (χ0n) is 10.5. The molecule has 0 saturated carbocycles. The molecule has 1 aliphatic rings. The molecule has 1 unspecified atom stereocenters. The van der Waals surface area contributed by atoms with Gasteiger partial charge in [0.05, 0.1) is 22.5 Å². The van der Waals surface area contributed by atoms with Crippen molar-refractivity contribution in [2.24, 2.45) is 0 Å². The van der Waals surface area contributed by atoms with Crippen LogP contribution in [0, 0.1) is 0 Å². The minimum absolute atomic E-state index is 0.0105. The van der Waals surface area contributed by atoms with Gasteiger partial charge < -0.3 is 15.7 Å². The van der Waals surface area contributed by atoms with Gasteiger partial charge in [-0.2, -0.15) is 0 Å². The number of benzene rings is 1. The fraction of sp³-hybridized carbons (Fsp3) is 0.167. The van der Waals surface area contributed by atoms with Gasteiger partial charge in [-0.15, -0.1) is 0 Å². The molecule has 0 aliphatic carbocycles. The van der Waals surface area contributed by atoms with Gasteiger partial charge in [0.25, 0.3) is 0 Å². The standard InChI is InChI=1S/C12H11ClN2O5S/c13-8-2-1-3-9(10(8)11(16)17)15-12(18)14-7-4-5-21(19,20)6-7/h1-5,7H,6H2,(H,16,17)(H2,14,15,18). The van der Waals surface area contributed by atoms with Crippen LogP contribution >= 0.6 is 11.6 Å². The molecule has 9 heteroatoms. The maximum Gasteiger partial charge on any atom is 0.339 e. The number of hydrogen-bond donors (Lipinski definition) is 3. The highest BCUT2D eigenvalue weighted by Gasteiger charge is 2.23. The van der Waals surface area contributed by atoms with Crippen LogP contribution < -0.4 is 10.6 Å². The third-order valence-electron chi connectivity index (χ3n) is 2.72. The second-order valence-electron chi connectivity index (χ2n) is 4.33. The van der Waals surface area contributed by atoms with Gasteiger partial charge in [-0.1, -0.05) is 17.7 Å². The second-order valence-corrected chi connectivity index (χ2v) is 6.67. The predicted molar refractivity (Wildman–Crippen MR) is 77.3 cm³/mol. The van der Waals surface area contributed by atoms with Crippen molar-refractivity contribution in [1.29, 1.82) is 0 Å². The Balaban J connectivity index is 2.09. The summed E-state index contributed by atoms with van der Waals surface area (Å²) in [6.07, 6.45) is 1.35. The first-order chi connectivity index (χ1) is 9.78. The summed E-state index contributed by atoms with van der Waals surface area (Å²) in [5, 5.41) is 14.8. The number of anilines is 1. The van der Waals surface area contributed by atoms with E-state index in [4.69, 9.17) is 16.7 Å². The van der Waals surface area contributed by atoms with E-state index in [1.54, 1.807) is 0 Å². The lowest BCUT2D eigenvalue weighted by Gasteiger charge is -2.13. The number of amides is 2. The van der Waals surface area contributed by atoms with Crippen LogP contribution in [0.3, 0.4) is 0 Å². The summed E-state index contributed by atoms with van der Waals surface area (Å²) < 4.78 is 22.4. The van der Waals surface area contributed by atoms with Gasteiger partial charge in [-0.25, -0.2) is 18.0 Å². The van der Waals surface area contributed by atoms with Gasteiger partial charge in [0.2, 0.25) is 0 Å². The van der Waals surface area contributed by atoms with Crippen molar-refractivity contribution in [1.82, 2.24) is 5.32 Å². The number of aromatic carboxylic acids is 1. The van der Waals surface area contributed by atoms with Crippen LogP contribution in [0.4, 0.5) is 10.5 Å². The summed E-state index contributed by atoms with van der Waals surface area (Å²) in [6, 6.07) is 2.90. The first-order valence-electron chi connectivity index (χ1n) is 5.79. The van der Waals surface area contributed by atoms with Crippen molar-refractivity contribution in [2.75, 3.05) is 11.1 Å². The number of carboxylic acid groups (broad SMARTS) is 1. The Morgan fingerprint density at radius 2 is 2.05 bits per heavy atom. The predicted octanol–water partition coefficient (Wildman–Crippen LogP) is 1.47. The van der Waals surface area contributed by atoms with Crippen molar-refractivity contribution in [3.8, 4) is 0 Å². The zero-order valence-corrected chi connectivity index (χ0v) is 12.1. The Morgan fingerprint density at radius 1 is 1.33 bits per heavy atom. The lowest BCUT2D eigenvalue weighted by molar-refractivity contribution is 0.0698. The van der Waals surface area contributed by atoms with Gasteiger partial charge in [0, 0.05) is 5.41 Å². The van der Waals surface area contributed by atoms with Crippen molar-refractivity contribution >= 4 is 39.1 Å². The average molecular weight is 331 g/mol. The summed E-state index contributed by atoms with van der Waals surface area (Å²) in [4.78, 5) is 22.9. The number of carboxylic acids is 1. The van der Waals surface area contributed by atoms with Crippen LogP contribution in [0.5, 0.6) is 0 Å². The Morgan fingerprint density at radius 3 is 2.62 bits per heavy atom. The molecule has 2 rings (SSSR count). The van der Waals surface area contributed by atoms with Crippen LogP contribution in [-0.4, -0.2) is 37.3 Å². The van der Waals surface area contributed by atoms with E-state index >= 15 is 0 Å². The monoisotopic (exact) mass is 330 g/mol. The van der Waals surface area contributed by atoms with E-state index < -0.39 is 27.9 Å². The molecule has 0 fully saturated rings. The molecule has 2 amide bonds. The van der Waals surface area contributed by atoms with Crippen LogP contribution in [-0.2, 0) is 9.84 Å². The molecule has 0 bridgehead atoms. The summed E-state index contributed by atoms with van der Waals surface area (Å²) in [6.45, 7) is 0. The van der Waals surface area contributed by atoms with E-state index in [0.29, 0.717) is 0 Å². The number of rotatable bonds is 3. The van der Waals surface area contributed by atoms with Crippen LogP contribution in [0.1, 0.15) is 10.4 Å². The molecular formula is C12H11ClN2O5S. The number of hydrogen-bond acceptors (Lipinski definition) is 4. The molecule has 7 nitrogen and oxygen atoms in total. The minimum atomic E-state index is -3.28. The fourth-order valence-electron chi connectivity index (χ4n) is 1.84. The Hall–Kier alpha value is -2.06. The number of carbonyl (C=O) groups excluding carboxylic acids is 1. The Labute approximate surface area is 125 Å². The maximum atomic E-state index is 11.8. The van der Waals surface area contributed by atoms with Gasteiger partial charge in [-0.3, -0.25) is 0 Å². The summed E-state index contributed by atoms with van der Waals surface area (Å²) in [5.74, 6) is -1.50. The Kier molecular flexibility index (Phi) is 4.19. The molecule has 1 atom stereocenters. The molecule has 0 spiro atoms. The number of sulfone groups is 1. The topological polar surface area (TPSA) is 113 Å².